The lowest BCUT2D eigenvalue weighted by Gasteiger charge is -2.11. The number of hydrogen-bond acceptors (Lipinski definition) is 4. The van der Waals surface area contributed by atoms with Crippen molar-refractivity contribution < 1.29 is 4.74 Å². The third kappa shape index (κ3) is 1.65. The Hall–Kier alpha value is -1.29. The van der Waals surface area contributed by atoms with Gasteiger partial charge in [-0.15, -0.1) is 0 Å². The summed E-state index contributed by atoms with van der Waals surface area (Å²) in [6, 6.07) is 2.35. The van der Waals surface area contributed by atoms with Crippen molar-refractivity contribution in [3.05, 3.63) is 17.8 Å². The summed E-state index contributed by atoms with van der Waals surface area (Å²) in [5.41, 5.74) is 7.55. The van der Waals surface area contributed by atoms with Crippen LogP contribution in [0.25, 0.3) is 0 Å². The smallest absolute Gasteiger partial charge is 0.236 e. The maximum atomic E-state index is 5.78. The minimum atomic E-state index is 0.413. The second kappa shape index (κ2) is 3.84. The molecule has 4 nitrogen and oxygen atoms in total. The van der Waals surface area contributed by atoms with E-state index in [9.17, 15) is 0 Å². The number of nitrogen functional groups attached to an aromatic ring is 1. The van der Waals surface area contributed by atoms with Gasteiger partial charge in [0.1, 0.15) is 0 Å². The van der Waals surface area contributed by atoms with E-state index in [0.29, 0.717) is 17.6 Å². The molecule has 1 aromatic rings. The van der Waals surface area contributed by atoms with Crippen LogP contribution >= 0.6 is 0 Å². The predicted octanol–water partition coefficient (Wildman–Crippen LogP) is 1.10. The Kier molecular flexibility index (Phi) is 2.54. The summed E-state index contributed by atoms with van der Waals surface area (Å²) >= 11 is 0. The van der Waals surface area contributed by atoms with Gasteiger partial charge < -0.3 is 15.8 Å². The topological polar surface area (TPSA) is 60.2 Å². The number of aromatic nitrogens is 1. The van der Waals surface area contributed by atoms with Gasteiger partial charge in [-0.25, -0.2) is 4.98 Å². The lowest BCUT2D eigenvalue weighted by molar-refractivity contribution is 0.399. The zero-order valence-electron chi connectivity index (χ0n) is 8.29. The molecule has 0 radical (unpaired) electrons. The quantitative estimate of drug-likeness (QED) is 0.738. The molecule has 0 aliphatic carbocycles. The molecule has 0 amide bonds. The maximum Gasteiger partial charge on any atom is 0.236 e. The molecule has 0 aromatic carbocycles. The number of ether oxygens (including phenoxy) is 1. The molecule has 0 spiro atoms. The SMILES string of the molecule is COc1ncc(C2CCCN2)cc1N. The van der Waals surface area contributed by atoms with Crippen LogP contribution in [0.3, 0.4) is 0 Å². The molecular weight excluding hydrogens is 178 g/mol. The van der Waals surface area contributed by atoms with Gasteiger partial charge in [-0.05, 0) is 31.0 Å². The number of nitrogens with one attached hydrogen (secondary N) is 1. The normalized spacial score (nSPS) is 21.1. The molecule has 0 saturated carbocycles. The molecule has 2 heterocycles. The molecule has 1 aliphatic heterocycles. The summed E-state index contributed by atoms with van der Waals surface area (Å²) in [7, 11) is 1.58. The van der Waals surface area contributed by atoms with E-state index in [1.807, 2.05) is 12.3 Å². The third-order valence-electron chi connectivity index (χ3n) is 2.56. The van der Waals surface area contributed by atoms with E-state index in [-0.39, 0.29) is 0 Å². The standard InChI is InChI=1S/C10H15N3O/c1-14-10-8(11)5-7(6-13-10)9-3-2-4-12-9/h5-6,9,12H,2-4,11H2,1H3. The molecule has 2 rings (SSSR count). The van der Waals surface area contributed by atoms with Gasteiger partial charge in [0.25, 0.3) is 0 Å². The lowest BCUT2D eigenvalue weighted by atomic mass is 10.1. The Balaban J connectivity index is 2.23. The predicted molar refractivity (Wildman–Crippen MR) is 55.2 cm³/mol. The van der Waals surface area contributed by atoms with E-state index in [1.54, 1.807) is 7.11 Å². The summed E-state index contributed by atoms with van der Waals surface area (Å²) in [5, 5.41) is 3.40. The number of methoxy groups -OCH3 is 1. The van der Waals surface area contributed by atoms with Gasteiger partial charge >= 0.3 is 0 Å². The van der Waals surface area contributed by atoms with E-state index in [4.69, 9.17) is 10.5 Å². The molecule has 0 bridgehead atoms. The van der Waals surface area contributed by atoms with Crippen LogP contribution in [-0.4, -0.2) is 18.6 Å². The van der Waals surface area contributed by atoms with Gasteiger partial charge in [0, 0.05) is 12.2 Å². The van der Waals surface area contributed by atoms with Crippen molar-refractivity contribution in [1.29, 1.82) is 0 Å². The Morgan fingerprint density at radius 3 is 3.07 bits per heavy atom. The molecule has 1 saturated heterocycles. The summed E-state index contributed by atoms with van der Waals surface area (Å²) in [5.74, 6) is 0.506. The van der Waals surface area contributed by atoms with Crippen molar-refractivity contribution in [3.8, 4) is 5.88 Å². The fourth-order valence-corrected chi connectivity index (χ4v) is 1.82. The van der Waals surface area contributed by atoms with Crippen molar-refractivity contribution in [2.75, 3.05) is 19.4 Å². The highest BCUT2D eigenvalue weighted by Gasteiger charge is 2.17. The summed E-state index contributed by atoms with van der Waals surface area (Å²) in [6.07, 6.45) is 4.21. The first-order valence-electron chi connectivity index (χ1n) is 4.84. The van der Waals surface area contributed by atoms with E-state index >= 15 is 0 Å². The maximum absolute atomic E-state index is 5.78. The monoisotopic (exact) mass is 193 g/mol. The van der Waals surface area contributed by atoms with Gasteiger partial charge in [0.2, 0.25) is 5.88 Å². The van der Waals surface area contributed by atoms with E-state index in [1.165, 1.54) is 6.42 Å². The molecule has 1 atom stereocenters. The molecular formula is C10H15N3O. The van der Waals surface area contributed by atoms with Gasteiger partial charge in [0.15, 0.2) is 0 Å². The first kappa shape index (κ1) is 9.27. The number of hydrogen-bond donors (Lipinski definition) is 2. The van der Waals surface area contributed by atoms with E-state index in [0.717, 1.165) is 18.5 Å². The number of pyridine rings is 1. The number of nitrogens with zero attached hydrogens (tertiary/aromatic N) is 1. The molecule has 1 fully saturated rings. The van der Waals surface area contributed by atoms with Crippen molar-refractivity contribution in [1.82, 2.24) is 10.3 Å². The molecule has 3 N–H and O–H groups in total. The second-order valence-electron chi connectivity index (χ2n) is 3.52. The van der Waals surface area contributed by atoms with Crippen LogP contribution in [0.4, 0.5) is 5.69 Å². The molecule has 76 valence electrons. The van der Waals surface area contributed by atoms with Crippen LogP contribution in [0.1, 0.15) is 24.4 Å². The first-order valence-corrected chi connectivity index (χ1v) is 4.84. The number of nitrogens with two attached hydrogens (primary N) is 1. The number of rotatable bonds is 2. The van der Waals surface area contributed by atoms with Crippen molar-refractivity contribution in [2.24, 2.45) is 0 Å². The second-order valence-corrected chi connectivity index (χ2v) is 3.52. The van der Waals surface area contributed by atoms with Crippen LogP contribution in [0, 0.1) is 0 Å². The molecule has 1 unspecified atom stereocenters. The molecule has 1 aromatic heterocycles. The Labute approximate surface area is 83.5 Å². The average molecular weight is 193 g/mol. The van der Waals surface area contributed by atoms with Crippen LogP contribution in [0.2, 0.25) is 0 Å². The highest BCUT2D eigenvalue weighted by Crippen LogP contribution is 2.26. The van der Waals surface area contributed by atoms with Gasteiger partial charge in [-0.2, -0.15) is 0 Å². The fraction of sp³-hybridized carbons (Fsp3) is 0.500. The van der Waals surface area contributed by atoms with Crippen LogP contribution in [0.15, 0.2) is 12.3 Å². The van der Waals surface area contributed by atoms with Crippen molar-refractivity contribution >= 4 is 5.69 Å². The minimum Gasteiger partial charge on any atom is -0.480 e. The Morgan fingerprint density at radius 1 is 1.64 bits per heavy atom. The summed E-state index contributed by atoms with van der Waals surface area (Å²) in [6.45, 7) is 1.08. The van der Waals surface area contributed by atoms with Crippen LogP contribution in [-0.2, 0) is 0 Å². The molecule has 4 heteroatoms. The van der Waals surface area contributed by atoms with Crippen LogP contribution < -0.4 is 15.8 Å². The summed E-state index contributed by atoms with van der Waals surface area (Å²) in [4.78, 5) is 4.15. The van der Waals surface area contributed by atoms with Crippen LogP contribution in [0.5, 0.6) is 5.88 Å². The minimum absolute atomic E-state index is 0.413. The van der Waals surface area contributed by atoms with E-state index < -0.39 is 0 Å². The molecule has 14 heavy (non-hydrogen) atoms. The number of anilines is 1. The van der Waals surface area contributed by atoms with E-state index in [2.05, 4.69) is 10.3 Å². The largest absolute Gasteiger partial charge is 0.480 e. The third-order valence-corrected chi connectivity index (χ3v) is 2.56. The Morgan fingerprint density at radius 2 is 2.50 bits per heavy atom. The molecule has 1 aliphatic rings. The first-order chi connectivity index (χ1) is 6.81. The van der Waals surface area contributed by atoms with Crippen molar-refractivity contribution in [3.63, 3.8) is 0 Å². The van der Waals surface area contributed by atoms with Gasteiger partial charge in [0.05, 0.1) is 12.8 Å². The Bertz CT molecular complexity index is 321. The highest BCUT2D eigenvalue weighted by molar-refractivity contribution is 5.50. The highest BCUT2D eigenvalue weighted by atomic mass is 16.5. The summed E-state index contributed by atoms with van der Waals surface area (Å²) < 4.78 is 5.01. The fourth-order valence-electron chi connectivity index (χ4n) is 1.82. The average Bonchev–Trinajstić information content (AvgIpc) is 2.70. The van der Waals surface area contributed by atoms with Crippen molar-refractivity contribution in [2.45, 2.75) is 18.9 Å². The zero-order valence-corrected chi connectivity index (χ0v) is 8.29. The van der Waals surface area contributed by atoms with Gasteiger partial charge in [-0.3, -0.25) is 0 Å². The zero-order chi connectivity index (χ0) is 9.97. The lowest BCUT2D eigenvalue weighted by Crippen LogP contribution is -2.13. The van der Waals surface area contributed by atoms with Gasteiger partial charge in [-0.1, -0.05) is 0 Å².